The van der Waals surface area contributed by atoms with Crippen molar-refractivity contribution in [3.8, 4) is 5.75 Å². The lowest BCUT2D eigenvalue weighted by atomic mass is 10.0. The van der Waals surface area contributed by atoms with Gasteiger partial charge in [-0.3, -0.25) is 0 Å². The smallest absolute Gasteiger partial charge is 0.122 e. The summed E-state index contributed by atoms with van der Waals surface area (Å²) in [4.78, 5) is 0. The Morgan fingerprint density at radius 3 is 3.00 bits per heavy atom. The molecule has 3 rings (SSSR count). The third-order valence-electron chi connectivity index (χ3n) is 3.12. The normalized spacial score (nSPS) is 21.5. The zero-order chi connectivity index (χ0) is 9.60. The van der Waals surface area contributed by atoms with E-state index in [1.165, 1.54) is 11.1 Å². The van der Waals surface area contributed by atoms with Crippen LogP contribution in [0, 0.1) is 0 Å². The van der Waals surface area contributed by atoms with E-state index in [-0.39, 0.29) is 0 Å². The van der Waals surface area contributed by atoms with E-state index in [0.29, 0.717) is 0 Å². The van der Waals surface area contributed by atoms with Crippen molar-refractivity contribution in [1.29, 1.82) is 0 Å². The molecule has 14 heavy (non-hydrogen) atoms. The molecule has 1 saturated carbocycles. The lowest BCUT2D eigenvalue weighted by Crippen LogP contribution is -2.10. The Kier molecular flexibility index (Phi) is 1.62. The molecule has 0 saturated heterocycles. The Bertz CT molecular complexity index is 367. The topological polar surface area (TPSA) is 29.5 Å². The number of benzene rings is 1. The molecule has 2 heteroatoms. The van der Waals surface area contributed by atoms with Gasteiger partial charge in [0.25, 0.3) is 0 Å². The molecule has 74 valence electrons. The molecular formula is C12H14O2. The molecule has 0 aromatic heterocycles. The van der Waals surface area contributed by atoms with Crippen molar-refractivity contribution in [2.24, 2.45) is 0 Å². The summed E-state index contributed by atoms with van der Waals surface area (Å²) in [6, 6.07) is 6.33. The van der Waals surface area contributed by atoms with Gasteiger partial charge in [-0.15, -0.1) is 0 Å². The molecule has 1 N–H and O–H groups in total. The second-order valence-corrected chi connectivity index (χ2v) is 4.44. The second kappa shape index (κ2) is 2.74. The van der Waals surface area contributed by atoms with Gasteiger partial charge < -0.3 is 9.84 Å². The highest BCUT2D eigenvalue weighted by Gasteiger charge is 2.40. The quantitative estimate of drug-likeness (QED) is 0.769. The predicted molar refractivity (Wildman–Crippen MR) is 53.5 cm³/mol. The largest absolute Gasteiger partial charge is 0.493 e. The Hall–Kier alpha value is -1.02. The summed E-state index contributed by atoms with van der Waals surface area (Å²) in [5.41, 5.74) is 2.11. The fourth-order valence-corrected chi connectivity index (χ4v) is 2.02. The monoisotopic (exact) mass is 190 g/mol. The van der Waals surface area contributed by atoms with Crippen LogP contribution in [0.5, 0.6) is 5.75 Å². The maximum absolute atomic E-state index is 9.79. The van der Waals surface area contributed by atoms with Crippen LogP contribution in [0.1, 0.15) is 24.0 Å². The highest BCUT2D eigenvalue weighted by atomic mass is 16.5. The van der Waals surface area contributed by atoms with Crippen LogP contribution in [0.2, 0.25) is 0 Å². The average molecular weight is 190 g/mol. The van der Waals surface area contributed by atoms with Crippen LogP contribution in [0.4, 0.5) is 0 Å². The van der Waals surface area contributed by atoms with Gasteiger partial charge in [0.2, 0.25) is 0 Å². The molecule has 0 unspecified atom stereocenters. The zero-order valence-electron chi connectivity index (χ0n) is 8.12. The number of fused-ring (bicyclic) bond motifs is 1. The van der Waals surface area contributed by atoms with Crippen LogP contribution in [0.15, 0.2) is 18.2 Å². The van der Waals surface area contributed by atoms with Gasteiger partial charge in [0.1, 0.15) is 5.75 Å². The van der Waals surface area contributed by atoms with Crippen LogP contribution in [0.25, 0.3) is 0 Å². The molecule has 1 heterocycles. The van der Waals surface area contributed by atoms with Crippen molar-refractivity contribution in [2.75, 3.05) is 6.61 Å². The minimum Gasteiger partial charge on any atom is -0.493 e. The number of hydrogen-bond donors (Lipinski definition) is 1. The minimum absolute atomic E-state index is 0.396. The van der Waals surface area contributed by atoms with E-state index in [1.807, 2.05) is 0 Å². The number of hydrogen-bond acceptors (Lipinski definition) is 2. The number of ether oxygens (including phenoxy) is 1. The molecule has 1 aromatic carbocycles. The van der Waals surface area contributed by atoms with Gasteiger partial charge in [-0.2, -0.15) is 0 Å². The van der Waals surface area contributed by atoms with Crippen molar-refractivity contribution >= 4 is 0 Å². The van der Waals surface area contributed by atoms with E-state index in [4.69, 9.17) is 4.74 Å². The average Bonchev–Trinajstić information content (AvgIpc) is 2.73. The van der Waals surface area contributed by atoms with Crippen LogP contribution in [0.3, 0.4) is 0 Å². The van der Waals surface area contributed by atoms with Gasteiger partial charge >= 0.3 is 0 Å². The van der Waals surface area contributed by atoms with E-state index >= 15 is 0 Å². The van der Waals surface area contributed by atoms with Crippen LogP contribution in [-0.4, -0.2) is 17.3 Å². The summed E-state index contributed by atoms with van der Waals surface area (Å²) in [5, 5.41) is 9.79. The lowest BCUT2D eigenvalue weighted by Gasteiger charge is -2.08. The van der Waals surface area contributed by atoms with Crippen molar-refractivity contribution in [3.05, 3.63) is 29.3 Å². The van der Waals surface area contributed by atoms with Crippen molar-refractivity contribution < 1.29 is 9.84 Å². The molecule has 2 nitrogen and oxygen atoms in total. The van der Waals surface area contributed by atoms with Gasteiger partial charge in [0.15, 0.2) is 0 Å². The summed E-state index contributed by atoms with van der Waals surface area (Å²) in [6.07, 6.45) is 3.71. The molecule has 1 aromatic rings. The summed E-state index contributed by atoms with van der Waals surface area (Å²) < 4.78 is 5.49. The molecule has 0 bridgehead atoms. The first-order valence-electron chi connectivity index (χ1n) is 5.22. The molecule has 1 aliphatic heterocycles. The first-order chi connectivity index (χ1) is 6.75. The van der Waals surface area contributed by atoms with Crippen molar-refractivity contribution in [3.63, 3.8) is 0 Å². The number of aliphatic hydroxyl groups is 1. The Labute approximate surface area is 83.5 Å². The van der Waals surface area contributed by atoms with Gasteiger partial charge in [0.05, 0.1) is 12.2 Å². The fourth-order valence-electron chi connectivity index (χ4n) is 2.02. The third kappa shape index (κ3) is 1.40. The van der Waals surface area contributed by atoms with Crippen LogP contribution in [-0.2, 0) is 12.8 Å². The molecule has 0 amide bonds. The summed E-state index contributed by atoms with van der Waals surface area (Å²) >= 11 is 0. The molecule has 0 spiro atoms. The van der Waals surface area contributed by atoms with Crippen LogP contribution < -0.4 is 4.74 Å². The minimum atomic E-state index is -0.396. The SMILES string of the molecule is OC1(Cc2ccc3c(c2)OCC3)CC1. The van der Waals surface area contributed by atoms with Gasteiger partial charge in [-0.05, 0) is 30.0 Å². The van der Waals surface area contributed by atoms with E-state index in [2.05, 4.69) is 18.2 Å². The van der Waals surface area contributed by atoms with E-state index in [1.54, 1.807) is 0 Å². The third-order valence-corrected chi connectivity index (χ3v) is 3.12. The van der Waals surface area contributed by atoms with Crippen molar-refractivity contribution in [1.82, 2.24) is 0 Å². The molecule has 0 radical (unpaired) electrons. The molecule has 1 fully saturated rings. The predicted octanol–water partition coefficient (Wildman–Crippen LogP) is 1.69. The fraction of sp³-hybridized carbons (Fsp3) is 0.500. The Morgan fingerprint density at radius 2 is 2.21 bits per heavy atom. The molecular weight excluding hydrogens is 176 g/mol. The van der Waals surface area contributed by atoms with Gasteiger partial charge in [-0.1, -0.05) is 12.1 Å². The van der Waals surface area contributed by atoms with Crippen LogP contribution >= 0.6 is 0 Å². The highest BCUT2D eigenvalue weighted by Crippen LogP contribution is 2.39. The first kappa shape index (κ1) is 8.30. The van der Waals surface area contributed by atoms with E-state index in [9.17, 15) is 5.11 Å². The summed E-state index contributed by atoms with van der Waals surface area (Å²) in [6.45, 7) is 0.809. The van der Waals surface area contributed by atoms with Gasteiger partial charge in [0, 0.05) is 12.8 Å². The zero-order valence-corrected chi connectivity index (χ0v) is 8.12. The Morgan fingerprint density at radius 1 is 1.36 bits per heavy atom. The van der Waals surface area contributed by atoms with Crippen molar-refractivity contribution in [2.45, 2.75) is 31.3 Å². The standard InChI is InChI=1S/C12H14O2/c13-12(4-5-12)8-9-1-2-10-3-6-14-11(10)7-9/h1-2,7,13H,3-6,8H2. The molecule has 1 aliphatic carbocycles. The molecule has 2 aliphatic rings. The summed E-state index contributed by atoms with van der Waals surface area (Å²) in [5.74, 6) is 1.02. The molecule has 0 atom stereocenters. The number of rotatable bonds is 2. The van der Waals surface area contributed by atoms with E-state index < -0.39 is 5.60 Å². The Balaban J connectivity index is 1.85. The first-order valence-corrected chi connectivity index (χ1v) is 5.22. The second-order valence-electron chi connectivity index (χ2n) is 4.44. The van der Waals surface area contributed by atoms with Gasteiger partial charge in [-0.25, -0.2) is 0 Å². The lowest BCUT2D eigenvalue weighted by molar-refractivity contribution is 0.151. The maximum Gasteiger partial charge on any atom is 0.122 e. The highest BCUT2D eigenvalue weighted by molar-refractivity contribution is 5.40. The summed E-state index contributed by atoms with van der Waals surface area (Å²) in [7, 11) is 0. The van der Waals surface area contributed by atoms with E-state index in [0.717, 1.165) is 38.0 Å². The maximum atomic E-state index is 9.79.